The van der Waals surface area contributed by atoms with E-state index in [2.05, 4.69) is 21.2 Å². The van der Waals surface area contributed by atoms with Crippen molar-refractivity contribution in [1.29, 1.82) is 0 Å². The van der Waals surface area contributed by atoms with Crippen LogP contribution in [0, 0.1) is 5.92 Å². The molecule has 0 aromatic heterocycles. The van der Waals surface area contributed by atoms with E-state index in [-0.39, 0.29) is 17.7 Å². The number of benzene rings is 1. The van der Waals surface area contributed by atoms with Crippen LogP contribution in [0.25, 0.3) is 0 Å². The summed E-state index contributed by atoms with van der Waals surface area (Å²) in [4.78, 5) is 25.2. The normalized spacial score (nSPS) is 16.7. The lowest BCUT2D eigenvalue weighted by Crippen LogP contribution is -2.44. The number of carboxylic acids is 1. The molecule has 1 amide bonds. The summed E-state index contributed by atoms with van der Waals surface area (Å²) in [6.07, 6.45) is 1.40. The number of hydrogen-bond donors (Lipinski definition) is 2. The fourth-order valence-corrected chi connectivity index (χ4v) is 3.71. The fraction of sp³-hybridized carbons (Fsp3) is 0.579. The molecule has 6 nitrogen and oxygen atoms in total. The van der Waals surface area contributed by atoms with E-state index < -0.39 is 11.6 Å². The zero-order valence-electron chi connectivity index (χ0n) is 16.0. The van der Waals surface area contributed by atoms with Gasteiger partial charge in [-0.1, -0.05) is 11.6 Å². The summed E-state index contributed by atoms with van der Waals surface area (Å²) in [7, 11) is 0. The maximum absolute atomic E-state index is 12.2. The zero-order valence-corrected chi connectivity index (χ0v) is 18.4. The summed E-state index contributed by atoms with van der Waals surface area (Å²) in [5, 5.41) is 13.0. The van der Waals surface area contributed by atoms with E-state index in [9.17, 15) is 14.7 Å². The summed E-state index contributed by atoms with van der Waals surface area (Å²) in [5.41, 5.74) is 0.258. The van der Waals surface area contributed by atoms with Crippen molar-refractivity contribution in [2.24, 2.45) is 5.92 Å². The Bertz CT molecular complexity index is 712. The van der Waals surface area contributed by atoms with Gasteiger partial charge in [-0.25, -0.2) is 9.59 Å². The summed E-state index contributed by atoms with van der Waals surface area (Å²) in [6.45, 7) is 8.89. The number of carbonyl (C=O) groups excluding carboxylic acids is 1. The van der Waals surface area contributed by atoms with E-state index in [0.717, 1.165) is 12.8 Å². The molecule has 0 radical (unpaired) electrons. The van der Waals surface area contributed by atoms with Gasteiger partial charge >= 0.3 is 12.1 Å². The number of aromatic carboxylic acids is 1. The van der Waals surface area contributed by atoms with Gasteiger partial charge in [-0.2, -0.15) is 0 Å². The molecule has 1 saturated heterocycles. The third-order valence-corrected chi connectivity index (χ3v) is 5.82. The van der Waals surface area contributed by atoms with Crippen LogP contribution >= 0.6 is 27.5 Å². The first-order valence-electron chi connectivity index (χ1n) is 8.94. The van der Waals surface area contributed by atoms with E-state index in [4.69, 9.17) is 16.3 Å². The highest BCUT2D eigenvalue weighted by atomic mass is 79.9. The number of nitrogens with zero attached hydrogens (tertiary/aromatic N) is 1. The second-order valence-electron chi connectivity index (χ2n) is 7.86. The fourth-order valence-electron chi connectivity index (χ4n) is 3.09. The summed E-state index contributed by atoms with van der Waals surface area (Å²) >= 11 is 9.61. The summed E-state index contributed by atoms with van der Waals surface area (Å²) < 4.78 is 5.97. The highest BCUT2D eigenvalue weighted by Gasteiger charge is 2.29. The van der Waals surface area contributed by atoms with Gasteiger partial charge < -0.3 is 20.1 Å². The lowest BCUT2D eigenvalue weighted by molar-refractivity contribution is 0.0179. The number of carbonyl (C=O) groups is 2. The van der Waals surface area contributed by atoms with Crippen LogP contribution in [-0.2, 0) is 4.74 Å². The first kappa shape index (κ1) is 21.8. The lowest BCUT2D eigenvalue weighted by Gasteiger charge is -2.36. The first-order valence-corrected chi connectivity index (χ1v) is 10.1. The van der Waals surface area contributed by atoms with Crippen molar-refractivity contribution in [1.82, 2.24) is 4.90 Å². The molecule has 0 saturated carbocycles. The van der Waals surface area contributed by atoms with Gasteiger partial charge in [0.25, 0.3) is 0 Å². The Balaban J connectivity index is 1.98. The SMILES string of the molecule is CC(Nc1cc(C(=O)O)cc(Br)c1Cl)C1CCN(C(=O)OC(C)(C)C)CC1. The van der Waals surface area contributed by atoms with Crippen molar-refractivity contribution < 1.29 is 19.4 Å². The Morgan fingerprint density at radius 2 is 1.93 bits per heavy atom. The van der Waals surface area contributed by atoms with Crippen LogP contribution in [0.3, 0.4) is 0 Å². The lowest BCUT2D eigenvalue weighted by atomic mass is 9.90. The Kier molecular flexibility index (Phi) is 7.03. The van der Waals surface area contributed by atoms with E-state index in [1.165, 1.54) is 6.07 Å². The van der Waals surface area contributed by atoms with Crippen molar-refractivity contribution in [3.63, 3.8) is 0 Å². The minimum Gasteiger partial charge on any atom is -0.478 e. The zero-order chi connectivity index (χ0) is 20.4. The average molecular weight is 462 g/mol. The van der Waals surface area contributed by atoms with Crippen LogP contribution in [-0.4, -0.2) is 46.8 Å². The van der Waals surface area contributed by atoms with E-state index in [0.29, 0.717) is 34.2 Å². The molecule has 1 atom stereocenters. The van der Waals surface area contributed by atoms with Crippen LogP contribution in [0.1, 0.15) is 50.9 Å². The molecule has 0 aliphatic carbocycles. The minimum absolute atomic E-state index is 0.0826. The average Bonchev–Trinajstić information content (AvgIpc) is 2.57. The smallest absolute Gasteiger partial charge is 0.410 e. The van der Waals surface area contributed by atoms with E-state index >= 15 is 0 Å². The number of piperidine rings is 1. The highest BCUT2D eigenvalue weighted by Crippen LogP contribution is 2.34. The number of likely N-dealkylation sites (tertiary alicyclic amines) is 1. The summed E-state index contributed by atoms with van der Waals surface area (Å²) in [6, 6.07) is 3.11. The van der Waals surface area contributed by atoms with E-state index in [1.807, 2.05) is 27.7 Å². The van der Waals surface area contributed by atoms with Crippen LogP contribution in [0.15, 0.2) is 16.6 Å². The van der Waals surface area contributed by atoms with Gasteiger partial charge in [-0.3, -0.25) is 0 Å². The molecule has 1 aliphatic rings. The second kappa shape index (κ2) is 8.69. The predicted molar refractivity (Wildman–Crippen MR) is 110 cm³/mol. The largest absolute Gasteiger partial charge is 0.478 e. The highest BCUT2D eigenvalue weighted by molar-refractivity contribution is 9.10. The monoisotopic (exact) mass is 460 g/mol. The Labute approximate surface area is 173 Å². The Morgan fingerprint density at radius 3 is 2.44 bits per heavy atom. The van der Waals surface area contributed by atoms with Gasteiger partial charge in [-0.05, 0) is 74.5 Å². The Hall–Kier alpha value is -1.47. The molecule has 1 aliphatic heterocycles. The number of halogens is 2. The van der Waals surface area contributed by atoms with Crippen LogP contribution in [0.5, 0.6) is 0 Å². The molecule has 0 spiro atoms. The van der Waals surface area contributed by atoms with Gasteiger partial charge in [0.05, 0.1) is 16.3 Å². The molecule has 1 fully saturated rings. The van der Waals surface area contributed by atoms with Crippen molar-refractivity contribution >= 4 is 45.3 Å². The molecule has 1 unspecified atom stereocenters. The van der Waals surface area contributed by atoms with Gasteiger partial charge in [0.15, 0.2) is 0 Å². The van der Waals surface area contributed by atoms with Crippen molar-refractivity contribution in [2.75, 3.05) is 18.4 Å². The number of nitrogens with one attached hydrogen (secondary N) is 1. The molecule has 1 aromatic rings. The van der Waals surface area contributed by atoms with Crippen LogP contribution in [0.2, 0.25) is 5.02 Å². The van der Waals surface area contributed by atoms with E-state index in [1.54, 1.807) is 11.0 Å². The topological polar surface area (TPSA) is 78.9 Å². The van der Waals surface area contributed by atoms with Gasteiger partial charge in [0, 0.05) is 23.6 Å². The standard InChI is InChI=1S/C19H26BrClN2O4/c1-11(22-15-10-13(17(24)25)9-14(20)16(15)21)12-5-7-23(8-6-12)18(26)27-19(2,3)4/h9-12,22H,5-8H2,1-4H3,(H,24,25). The number of anilines is 1. The predicted octanol–water partition coefficient (Wildman–Crippen LogP) is 5.25. The molecule has 0 bridgehead atoms. The number of amides is 1. The number of carboxylic acid groups (broad SMARTS) is 1. The second-order valence-corrected chi connectivity index (χ2v) is 9.09. The molecular weight excluding hydrogens is 436 g/mol. The summed E-state index contributed by atoms with van der Waals surface area (Å²) in [5.74, 6) is -0.666. The molecule has 1 heterocycles. The Morgan fingerprint density at radius 1 is 1.33 bits per heavy atom. The molecule has 2 rings (SSSR count). The molecule has 27 heavy (non-hydrogen) atoms. The first-order chi connectivity index (χ1) is 12.5. The molecule has 1 aromatic carbocycles. The number of rotatable bonds is 4. The van der Waals surface area contributed by atoms with Gasteiger partial charge in [0.2, 0.25) is 0 Å². The molecular formula is C19H26BrClN2O4. The van der Waals surface area contributed by atoms with Gasteiger partial charge in [0.1, 0.15) is 5.60 Å². The third-order valence-electron chi connectivity index (χ3n) is 4.56. The quantitative estimate of drug-likeness (QED) is 0.640. The third kappa shape index (κ3) is 6.01. The van der Waals surface area contributed by atoms with Crippen molar-refractivity contribution in [3.05, 3.63) is 27.2 Å². The van der Waals surface area contributed by atoms with Crippen molar-refractivity contribution in [2.45, 2.75) is 52.2 Å². The molecule has 150 valence electrons. The number of hydrogen-bond acceptors (Lipinski definition) is 4. The minimum atomic E-state index is -1.01. The maximum atomic E-state index is 12.2. The van der Waals surface area contributed by atoms with Gasteiger partial charge in [-0.15, -0.1) is 0 Å². The van der Waals surface area contributed by atoms with Crippen LogP contribution in [0.4, 0.5) is 10.5 Å². The van der Waals surface area contributed by atoms with Crippen molar-refractivity contribution in [3.8, 4) is 0 Å². The number of ether oxygens (including phenoxy) is 1. The maximum Gasteiger partial charge on any atom is 0.410 e. The molecule has 8 heteroatoms. The van der Waals surface area contributed by atoms with Crippen LogP contribution < -0.4 is 5.32 Å². The molecule has 2 N–H and O–H groups in total.